The maximum absolute atomic E-state index is 12.3. The number of hydrogen-bond donors (Lipinski definition) is 1. The van der Waals surface area contributed by atoms with Gasteiger partial charge in [-0.25, -0.2) is 0 Å². The van der Waals surface area contributed by atoms with Crippen LogP contribution in [0.15, 0.2) is 61.1 Å². The van der Waals surface area contributed by atoms with E-state index in [9.17, 15) is 4.79 Å². The highest BCUT2D eigenvalue weighted by molar-refractivity contribution is 6.03. The average Bonchev–Trinajstić information content (AvgIpc) is 3.09. The quantitative estimate of drug-likeness (QED) is 0.719. The number of aryl methyl sites for hydroxylation is 2. The third kappa shape index (κ3) is 4.67. The Morgan fingerprint density at radius 2 is 1.88 bits per heavy atom. The summed E-state index contributed by atoms with van der Waals surface area (Å²) in [5.41, 5.74) is 1.76. The Hall–Kier alpha value is -3.15. The zero-order valence-corrected chi connectivity index (χ0v) is 14.1. The van der Waals surface area contributed by atoms with Crippen molar-refractivity contribution in [1.29, 1.82) is 0 Å². The molecule has 128 valence electrons. The van der Waals surface area contributed by atoms with E-state index in [0.29, 0.717) is 18.0 Å². The van der Waals surface area contributed by atoms with Crippen molar-refractivity contribution >= 4 is 11.7 Å². The van der Waals surface area contributed by atoms with Gasteiger partial charge in [-0.1, -0.05) is 0 Å². The number of carbonyl (C=O) groups excluding carboxylic acids is 1. The second-order valence-corrected chi connectivity index (χ2v) is 5.48. The lowest BCUT2D eigenvalue weighted by molar-refractivity contribution is 0.102. The van der Waals surface area contributed by atoms with Gasteiger partial charge in [0.25, 0.3) is 5.91 Å². The summed E-state index contributed by atoms with van der Waals surface area (Å²) in [4.78, 5) is 16.3. The number of nitrogens with zero attached hydrogens (tertiary/aromatic N) is 3. The van der Waals surface area contributed by atoms with Crippen LogP contribution in [0.2, 0.25) is 0 Å². The molecule has 25 heavy (non-hydrogen) atoms. The standard InChI is InChI=1S/C19H20N4O2/c1-2-25-17-5-3-16(4-6-17)19(24)21-18-10-14-23(22-18)13-9-15-7-11-20-12-8-15/h3-8,10-12,14H,2,9,13H2,1H3,(H,21,22,24). The van der Waals surface area contributed by atoms with E-state index >= 15 is 0 Å². The molecule has 6 nitrogen and oxygen atoms in total. The van der Waals surface area contributed by atoms with Gasteiger partial charge < -0.3 is 10.1 Å². The van der Waals surface area contributed by atoms with Crippen molar-refractivity contribution < 1.29 is 9.53 Å². The fraction of sp³-hybridized carbons (Fsp3) is 0.211. The topological polar surface area (TPSA) is 69.0 Å². The summed E-state index contributed by atoms with van der Waals surface area (Å²) < 4.78 is 7.19. The number of nitrogens with one attached hydrogen (secondary N) is 1. The summed E-state index contributed by atoms with van der Waals surface area (Å²) in [5.74, 6) is 1.09. The highest BCUT2D eigenvalue weighted by atomic mass is 16.5. The van der Waals surface area contributed by atoms with E-state index in [2.05, 4.69) is 15.4 Å². The number of rotatable bonds is 7. The molecule has 0 aliphatic heterocycles. The molecule has 2 aromatic heterocycles. The Balaban J connectivity index is 1.56. The summed E-state index contributed by atoms with van der Waals surface area (Å²) in [6.45, 7) is 3.26. The molecule has 6 heteroatoms. The first-order valence-electron chi connectivity index (χ1n) is 8.21. The smallest absolute Gasteiger partial charge is 0.256 e. The van der Waals surface area contributed by atoms with Crippen molar-refractivity contribution in [2.45, 2.75) is 19.9 Å². The van der Waals surface area contributed by atoms with Crippen LogP contribution in [0.4, 0.5) is 5.82 Å². The van der Waals surface area contributed by atoms with Gasteiger partial charge in [0.2, 0.25) is 0 Å². The predicted octanol–water partition coefficient (Wildman–Crippen LogP) is 3.17. The van der Waals surface area contributed by atoms with E-state index in [1.807, 2.05) is 29.9 Å². The molecular formula is C19H20N4O2. The minimum atomic E-state index is -0.192. The number of aromatic nitrogens is 3. The molecule has 1 aromatic carbocycles. The van der Waals surface area contributed by atoms with Crippen molar-refractivity contribution in [2.24, 2.45) is 0 Å². The van der Waals surface area contributed by atoms with Crippen molar-refractivity contribution in [3.8, 4) is 5.75 Å². The molecule has 0 aliphatic carbocycles. The van der Waals surface area contributed by atoms with E-state index < -0.39 is 0 Å². The van der Waals surface area contributed by atoms with Gasteiger partial charge in [-0.3, -0.25) is 14.5 Å². The third-order valence-electron chi connectivity index (χ3n) is 3.69. The van der Waals surface area contributed by atoms with Gasteiger partial charge in [-0.15, -0.1) is 0 Å². The first-order chi connectivity index (χ1) is 12.2. The second-order valence-electron chi connectivity index (χ2n) is 5.48. The maximum atomic E-state index is 12.3. The fourth-order valence-electron chi connectivity index (χ4n) is 2.40. The Morgan fingerprint density at radius 1 is 1.12 bits per heavy atom. The number of amides is 1. The van der Waals surface area contributed by atoms with Gasteiger partial charge >= 0.3 is 0 Å². The van der Waals surface area contributed by atoms with Crippen LogP contribution >= 0.6 is 0 Å². The van der Waals surface area contributed by atoms with Gasteiger partial charge in [0, 0.05) is 36.8 Å². The molecule has 0 bridgehead atoms. The molecule has 0 atom stereocenters. The summed E-state index contributed by atoms with van der Waals surface area (Å²) in [6.07, 6.45) is 6.27. The Kier molecular flexibility index (Phi) is 5.41. The van der Waals surface area contributed by atoms with Gasteiger partial charge in [0.1, 0.15) is 5.75 Å². The largest absolute Gasteiger partial charge is 0.494 e. The highest BCUT2D eigenvalue weighted by Gasteiger charge is 2.08. The van der Waals surface area contributed by atoms with E-state index in [4.69, 9.17) is 4.74 Å². The number of ether oxygens (including phenoxy) is 1. The molecule has 0 radical (unpaired) electrons. The normalized spacial score (nSPS) is 10.4. The van der Waals surface area contributed by atoms with Crippen LogP contribution in [-0.2, 0) is 13.0 Å². The Labute approximate surface area is 146 Å². The molecule has 2 heterocycles. The van der Waals surface area contributed by atoms with Gasteiger partial charge in [0.05, 0.1) is 6.61 Å². The Morgan fingerprint density at radius 3 is 2.60 bits per heavy atom. The SMILES string of the molecule is CCOc1ccc(C(=O)Nc2ccn(CCc3ccncc3)n2)cc1. The minimum absolute atomic E-state index is 0.192. The van der Waals surface area contributed by atoms with Gasteiger partial charge in [0.15, 0.2) is 5.82 Å². The zero-order chi connectivity index (χ0) is 17.5. The van der Waals surface area contributed by atoms with Gasteiger partial charge in [-0.05, 0) is 55.3 Å². The van der Waals surface area contributed by atoms with Crippen LogP contribution in [0.3, 0.4) is 0 Å². The van der Waals surface area contributed by atoms with Crippen LogP contribution < -0.4 is 10.1 Å². The lowest BCUT2D eigenvalue weighted by Gasteiger charge is -2.05. The molecule has 0 aliphatic rings. The molecule has 0 fully saturated rings. The summed E-state index contributed by atoms with van der Waals surface area (Å²) >= 11 is 0. The van der Waals surface area contributed by atoms with Crippen LogP contribution in [0, 0.1) is 0 Å². The van der Waals surface area contributed by atoms with Crippen molar-refractivity contribution in [3.63, 3.8) is 0 Å². The first kappa shape index (κ1) is 16.7. The van der Waals surface area contributed by atoms with Gasteiger partial charge in [-0.2, -0.15) is 5.10 Å². The summed E-state index contributed by atoms with van der Waals surface area (Å²) in [5, 5.41) is 7.19. The molecule has 3 rings (SSSR count). The van der Waals surface area contributed by atoms with Crippen molar-refractivity contribution in [3.05, 3.63) is 72.2 Å². The fourth-order valence-corrected chi connectivity index (χ4v) is 2.40. The molecular weight excluding hydrogens is 316 g/mol. The first-order valence-corrected chi connectivity index (χ1v) is 8.21. The number of anilines is 1. The number of pyridine rings is 1. The van der Waals surface area contributed by atoms with E-state index in [1.54, 1.807) is 42.7 Å². The predicted molar refractivity (Wildman–Crippen MR) is 95.7 cm³/mol. The van der Waals surface area contributed by atoms with Crippen LogP contribution in [0.5, 0.6) is 5.75 Å². The molecule has 0 saturated heterocycles. The lowest BCUT2D eigenvalue weighted by atomic mass is 10.2. The number of carbonyl (C=O) groups is 1. The molecule has 1 amide bonds. The van der Waals surface area contributed by atoms with E-state index in [-0.39, 0.29) is 5.91 Å². The zero-order valence-electron chi connectivity index (χ0n) is 14.1. The Bertz CT molecular complexity index is 813. The molecule has 0 unspecified atom stereocenters. The van der Waals surface area contributed by atoms with E-state index in [1.165, 1.54) is 5.56 Å². The summed E-state index contributed by atoms with van der Waals surface area (Å²) in [7, 11) is 0. The molecule has 3 aromatic rings. The number of benzene rings is 1. The second kappa shape index (κ2) is 8.10. The molecule has 0 saturated carbocycles. The maximum Gasteiger partial charge on any atom is 0.256 e. The molecule has 1 N–H and O–H groups in total. The highest BCUT2D eigenvalue weighted by Crippen LogP contribution is 2.13. The van der Waals surface area contributed by atoms with Crippen LogP contribution in [0.25, 0.3) is 0 Å². The monoisotopic (exact) mass is 336 g/mol. The molecule has 0 spiro atoms. The lowest BCUT2D eigenvalue weighted by Crippen LogP contribution is -2.13. The van der Waals surface area contributed by atoms with Crippen molar-refractivity contribution in [2.75, 3.05) is 11.9 Å². The van der Waals surface area contributed by atoms with Crippen LogP contribution in [0.1, 0.15) is 22.8 Å². The minimum Gasteiger partial charge on any atom is -0.494 e. The average molecular weight is 336 g/mol. The van der Waals surface area contributed by atoms with Crippen LogP contribution in [-0.4, -0.2) is 27.3 Å². The number of hydrogen-bond acceptors (Lipinski definition) is 4. The summed E-state index contributed by atoms with van der Waals surface area (Å²) in [6, 6.07) is 12.8. The third-order valence-corrected chi connectivity index (χ3v) is 3.69. The van der Waals surface area contributed by atoms with Crippen molar-refractivity contribution in [1.82, 2.24) is 14.8 Å². The van der Waals surface area contributed by atoms with E-state index in [0.717, 1.165) is 18.7 Å².